The molecule has 0 aromatic heterocycles. The number of carbonyl (C=O) groups is 1. The summed E-state index contributed by atoms with van der Waals surface area (Å²) >= 11 is 0. The molecular weight excluding hydrogens is 160 g/mol. The normalized spacial score (nSPS) is 10.2. The minimum atomic E-state index is -1.10. The summed E-state index contributed by atoms with van der Waals surface area (Å²) < 4.78 is 0. The van der Waals surface area contributed by atoms with E-state index < -0.39 is 12.1 Å². The molecule has 12 heavy (non-hydrogen) atoms. The second kappa shape index (κ2) is 6.20. The van der Waals surface area contributed by atoms with Crippen LogP contribution in [-0.4, -0.2) is 22.4 Å². The van der Waals surface area contributed by atoms with Gasteiger partial charge in [-0.1, -0.05) is 11.5 Å². The van der Waals surface area contributed by atoms with Crippen molar-refractivity contribution in [1.29, 1.82) is 0 Å². The molecule has 0 radical (unpaired) electrons. The van der Waals surface area contributed by atoms with Crippen molar-refractivity contribution in [3.63, 3.8) is 0 Å². The molecule has 0 amide bonds. The Labute approximate surface area is 69.3 Å². The Kier molecular flexibility index (Phi) is 5.41. The second-order valence-electron chi connectivity index (χ2n) is 1.87. The zero-order chi connectivity index (χ0) is 9.40. The van der Waals surface area contributed by atoms with Crippen LogP contribution in [0.25, 0.3) is 0 Å². The van der Waals surface area contributed by atoms with Crippen LogP contribution in [0.2, 0.25) is 0 Å². The average Bonchev–Trinajstić information content (AvgIpc) is 2.03. The van der Waals surface area contributed by atoms with Crippen LogP contribution >= 0.6 is 0 Å². The Morgan fingerprint density at radius 2 is 2.25 bits per heavy atom. The number of hydrogen-bond acceptors (Lipinski definition) is 3. The quantitative estimate of drug-likeness (QED) is 0.285. The Morgan fingerprint density at radius 3 is 2.75 bits per heavy atom. The van der Waals surface area contributed by atoms with E-state index in [-0.39, 0.29) is 0 Å². The summed E-state index contributed by atoms with van der Waals surface area (Å²) in [4.78, 5) is 13.8. The van der Waals surface area contributed by atoms with Crippen LogP contribution in [0.15, 0.2) is 29.3 Å². The molecule has 1 atom stereocenters. The molecule has 4 heteroatoms. The van der Waals surface area contributed by atoms with E-state index in [1.807, 2.05) is 0 Å². The molecule has 0 saturated heterocycles. The van der Waals surface area contributed by atoms with E-state index in [0.717, 1.165) is 6.08 Å². The van der Waals surface area contributed by atoms with Crippen molar-refractivity contribution in [2.75, 3.05) is 0 Å². The first-order chi connectivity index (χ1) is 5.66. The molecule has 0 aliphatic heterocycles. The molecule has 2 N–H and O–H groups in total. The second-order valence-corrected chi connectivity index (χ2v) is 1.87. The molecule has 0 fully saturated rings. The molecule has 1 unspecified atom stereocenters. The van der Waals surface area contributed by atoms with Crippen LogP contribution in [0.4, 0.5) is 0 Å². The van der Waals surface area contributed by atoms with Gasteiger partial charge in [0.05, 0.1) is 6.08 Å². The lowest BCUT2D eigenvalue weighted by Gasteiger charge is -1.93. The maximum absolute atomic E-state index is 9.89. The molecule has 0 aromatic carbocycles. The van der Waals surface area contributed by atoms with Gasteiger partial charge < -0.3 is 5.11 Å². The van der Waals surface area contributed by atoms with E-state index in [9.17, 15) is 4.79 Å². The van der Waals surface area contributed by atoms with E-state index in [1.54, 1.807) is 6.92 Å². The van der Waals surface area contributed by atoms with Crippen LogP contribution in [0.1, 0.15) is 6.92 Å². The Hall–Kier alpha value is -1.53. The summed E-state index contributed by atoms with van der Waals surface area (Å²) in [7, 11) is 0. The number of hydrogen-bond donors (Lipinski definition) is 2. The van der Waals surface area contributed by atoms with Gasteiger partial charge in [-0.05, 0) is 18.7 Å². The topological polar surface area (TPSA) is 66.8 Å². The van der Waals surface area contributed by atoms with Crippen LogP contribution in [0.5, 0.6) is 0 Å². The van der Waals surface area contributed by atoms with Crippen molar-refractivity contribution in [2.45, 2.75) is 13.0 Å². The first-order valence-electron chi connectivity index (χ1n) is 3.12. The zero-order valence-corrected chi connectivity index (χ0v) is 6.44. The minimum Gasteiger partial charge on any atom is -0.478 e. The van der Waals surface area contributed by atoms with E-state index in [4.69, 9.17) is 10.4 Å². The monoisotopic (exact) mass is 168 g/mol. The van der Waals surface area contributed by atoms with Gasteiger partial charge in [0.2, 0.25) is 0 Å². The molecule has 4 nitrogen and oxygen atoms in total. The number of rotatable bonds is 3. The fraction of sp³-hybridized carbons (Fsp3) is 0.250. The summed E-state index contributed by atoms with van der Waals surface area (Å²) in [5, 5.41) is 16.2. The third-order valence-electron chi connectivity index (χ3n) is 0.824. The lowest BCUT2D eigenvalue weighted by atomic mass is 10.4. The SMILES string of the molecule is CC(C=C=C=C=CC(=O)O)OO. The largest absolute Gasteiger partial charge is 0.478 e. The molecule has 0 aromatic rings. The summed E-state index contributed by atoms with van der Waals surface area (Å²) in [5.41, 5.74) is 6.93. The van der Waals surface area contributed by atoms with E-state index >= 15 is 0 Å². The van der Waals surface area contributed by atoms with Crippen molar-refractivity contribution in [2.24, 2.45) is 0 Å². The molecule has 0 rings (SSSR count). The van der Waals surface area contributed by atoms with E-state index in [2.05, 4.69) is 22.1 Å². The van der Waals surface area contributed by atoms with Crippen LogP contribution < -0.4 is 0 Å². The summed E-state index contributed by atoms with van der Waals surface area (Å²) in [6.07, 6.45) is 1.66. The van der Waals surface area contributed by atoms with Gasteiger partial charge in [-0.15, -0.1) is 0 Å². The van der Waals surface area contributed by atoms with Crippen LogP contribution in [-0.2, 0) is 9.68 Å². The standard InChI is InChI=1S/C8H8O4/c1-7(12-11)5-3-2-4-6-8(9)10/h5-7,11H,1H3,(H,9,10). The lowest BCUT2D eigenvalue weighted by Crippen LogP contribution is -1.97. The van der Waals surface area contributed by atoms with Crippen LogP contribution in [0.3, 0.4) is 0 Å². The third kappa shape index (κ3) is 6.59. The molecule has 0 aliphatic rings. The summed E-state index contributed by atoms with van der Waals surface area (Å²) in [6.45, 7) is 1.58. The zero-order valence-electron chi connectivity index (χ0n) is 6.44. The molecule has 64 valence electrons. The Morgan fingerprint density at radius 1 is 1.58 bits per heavy atom. The van der Waals surface area contributed by atoms with Gasteiger partial charge >= 0.3 is 5.97 Å². The predicted molar refractivity (Wildman–Crippen MR) is 40.5 cm³/mol. The van der Waals surface area contributed by atoms with Crippen molar-refractivity contribution in [3.8, 4) is 0 Å². The molecule has 0 heterocycles. The van der Waals surface area contributed by atoms with Crippen molar-refractivity contribution in [1.82, 2.24) is 0 Å². The van der Waals surface area contributed by atoms with Gasteiger partial charge in [-0.2, -0.15) is 0 Å². The first-order valence-corrected chi connectivity index (χ1v) is 3.12. The lowest BCUT2D eigenvalue weighted by molar-refractivity contribution is -0.261. The van der Waals surface area contributed by atoms with E-state index in [0.29, 0.717) is 0 Å². The van der Waals surface area contributed by atoms with Gasteiger partial charge in [0.25, 0.3) is 0 Å². The van der Waals surface area contributed by atoms with Gasteiger partial charge in [0.1, 0.15) is 6.10 Å². The van der Waals surface area contributed by atoms with Gasteiger partial charge in [0.15, 0.2) is 0 Å². The fourth-order valence-corrected chi connectivity index (χ4v) is 0.329. The summed E-state index contributed by atoms with van der Waals surface area (Å²) in [6, 6.07) is 0. The van der Waals surface area contributed by atoms with Gasteiger partial charge in [0, 0.05) is 0 Å². The number of aliphatic carboxylic acids is 1. The highest BCUT2D eigenvalue weighted by Crippen LogP contribution is 1.85. The Bertz CT molecular complexity index is 273. The Balaban J connectivity index is 4.31. The van der Waals surface area contributed by atoms with Gasteiger partial charge in [-0.3, -0.25) is 5.26 Å². The van der Waals surface area contributed by atoms with Crippen molar-refractivity contribution < 1.29 is 20.0 Å². The highest BCUT2D eigenvalue weighted by atomic mass is 17.1. The fourth-order valence-electron chi connectivity index (χ4n) is 0.329. The maximum atomic E-state index is 9.89. The molecule has 0 bridgehead atoms. The third-order valence-corrected chi connectivity index (χ3v) is 0.824. The first kappa shape index (κ1) is 10.5. The van der Waals surface area contributed by atoms with Gasteiger partial charge in [-0.25, -0.2) is 9.68 Å². The predicted octanol–water partition coefficient (Wildman–Crippen LogP) is 0.971. The highest BCUT2D eigenvalue weighted by Gasteiger charge is 1.89. The molecular formula is C8H8O4. The molecule has 0 aliphatic carbocycles. The maximum Gasteiger partial charge on any atom is 0.336 e. The number of carboxylic acids is 1. The minimum absolute atomic E-state index is 0.496. The van der Waals surface area contributed by atoms with Crippen LogP contribution in [0, 0.1) is 0 Å². The summed E-state index contributed by atoms with van der Waals surface area (Å²) in [5.74, 6) is -1.10. The van der Waals surface area contributed by atoms with Crippen molar-refractivity contribution in [3.05, 3.63) is 29.3 Å². The molecule has 0 saturated carbocycles. The molecule has 0 spiro atoms. The van der Waals surface area contributed by atoms with E-state index in [1.165, 1.54) is 6.08 Å². The van der Waals surface area contributed by atoms with Crippen molar-refractivity contribution >= 4 is 5.97 Å². The smallest absolute Gasteiger partial charge is 0.336 e. The highest BCUT2D eigenvalue weighted by molar-refractivity contribution is 5.79. The average molecular weight is 168 g/mol. The number of carboxylic acid groups (broad SMARTS) is 1.